The lowest BCUT2D eigenvalue weighted by molar-refractivity contribution is 0.675. The molecule has 1 fully saturated rings. The summed E-state index contributed by atoms with van der Waals surface area (Å²) in [6.07, 6.45) is 9.46. The van der Waals surface area contributed by atoms with Gasteiger partial charge >= 0.3 is 0 Å². The fourth-order valence-electron chi connectivity index (χ4n) is 1.18. The van der Waals surface area contributed by atoms with Crippen molar-refractivity contribution in [2.45, 2.75) is 32.1 Å². The Kier molecular flexibility index (Phi) is 2.60. The molecule has 0 nitrogen and oxygen atoms in total. The first-order valence-corrected chi connectivity index (χ1v) is 4.72. The predicted octanol–water partition coefficient (Wildman–Crippen LogP) is 2.22. The van der Waals surface area contributed by atoms with Gasteiger partial charge in [-0.05, 0) is 31.9 Å². The molecular formula is C7H14S. The van der Waals surface area contributed by atoms with Crippen molar-refractivity contribution in [3.8, 4) is 0 Å². The highest BCUT2D eigenvalue weighted by atomic mass is 32.1. The SMILES string of the molecule is C[SH]=C1CCCCC1. The van der Waals surface area contributed by atoms with Crippen LogP contribution in [0.1, 0.15) is 32.1 Å². The van der Waals surface area contributed by atoms with Gasteiger partial charge in [0.2, 0.25) is 0 Å². The van der Waals surface area contributed by atoms with Crippen LogP contribution in [0.15, 0.2) is 0 Å². The first kappa shape index (κ1) is 6.34. The summed E-state index contributed by atoms with van der Waals surface area (Å²) in [5.41, 5.74) is 0. The summed E-state index contributed by atoms with van der Waals surface area (Å²) in [6, 6.07) is 0. The molecule has 1 heteroatoms. The highest BCUT2D eigenvalue weighted by molar-refractivity contribution is 7.98. The van der Waals surface area contributed by atoms with Gasteiger partial charge < -0.3 is 0 Å². The van der Waals surface area contributed by atoms with Crippen molar-refractivity contribution in [3.05, 3.63) is 0 Å². The number of thiol groups is 1. The Balaban J connectivity index is 2.33. The van der Waals surface area contributed by atoms with E-state index in [4.69, 9.17) is 0 Å². The highest BCUT2D eigenvalue weighted by Gasteiger charge is 2.02. The lowest BCUT2D eigenvalue weighted by Crippen LogP contribution is -2.01. The molecule has 0 aliphatic heterocycles. The maximum atomic E-state index is 2.25. The van der Waals surface area contributed by atoms with E-state index in [-0.39, 0.29) is 0 Å². The van der Waals surface area contributed by atoms with Gasteiger partial charge in [0, 0.05) is 0 Å². The minimum atomic E-state index is 1.41. The van der Waals surface area contributed by atoms with E-state index in [1.807, 2.05) is 0 Å². The fourth-order valence-corrected chi connectivity index (χ4v) is 1.95. The first-order chi connectivity index (χ1) is 3.93. The van der Waals surface area contributed by atoms with Crippen LogP contribution in [0.3, 0.4) is 0 Å². The Bertz CT molecular complexity index is 86.6. The second kappa shape index (κ2) is 3.29. The van der Waals surface area contributed by atoms with Gasteiger partial charge in [0.25, 0.3) is 0 Å². The zero-order chi connectivity index (χ0) is 5.82. The summed E-state index contributed by atoms with van der Waals surface area (Å²) in [6.45, 7) is 0. The molecule has 1 saturated carbocycles. The van der Waals surface area contributed by atoms with Crippen molar-refractivity contribution in [1.29, 1.82) is 0 Å². The second-order valence-electron chi connectivity index (χ2n) is 2.35. The van der Waals surface area contributed by atoms with Crippen molar-refractivity contribution >= 4 is 16.2 Å². The summed E-state index contributed by atoms with van der Waals surface area (Å²) in [5.74, 6) is 0. The lowest BCUT2D eigenvalue weighted by atomic mass is 10.0. The monoisotopic (exact) mass is 130 g/mol. The molecule has 0 atom stereocenters. The van der Waals surface area contributed by atoms with Gasteiger partial charge in [-0.2, -0.15) is 0 Å². The zero-order valence-corrected chi connectivity index (χ0v) is 6.38. The Morgan fingerprint density at radius 3 is 2.12 bits per heavy atom. The minimum Gasteiger partial charge on any atom is -0.204 e. The highest BCUT2D eigenvalue weighted by Crippen LogP contribution is 2.16. The van der Waals surface area contributed by atoms with Crippen LogP contribution in [0.25, 0.3) is 0 Å². The molecule has 48 valence electrons. The van der Waals surface area contributed by atoms with E-state index in [0.717, 1.165) is 0 Å². The summed E-state index contributed by atoms with van der Waals surface area (Å²) in [5, 5.41) is 0. The normalized spacial score (nSPS) is 21.4. The van der Waals surface area contributed by atoms with Crippen LogP contribution in [-0.4, -0.2) is 11.1 Å². The molecule has 0 N–H and O–H groups in total. The molecule has 0 heterocycles. The van der Waals surface area contributed by atoms with Gasteiger partial charge in [-0.3, -0.25) is 0 Å². The van der Waals surface area contributed by atoms with Crippen LogP contribution in [0.4, 0.5) is 0 Å². The van der Waals surface area contributed by atoms with Crippen LogP contribution in [0.5, 0.6) is 0 Å². The van der Waals surface area contributed by atoms with Crippen LogP contribution in [-0.2, 0) is 0 Å². The van der Waals surface area contributed by atoms with Crippen molar-refractivity contribution in [2.24, 2.45) is 0 Å². The summed E-state index contributed by atoms with van der Waals surface area (Å²) in [7, 11) is 0. The van der Waals surface area contributed by atoms with E-state index in [2.05, 4.69) is 6.26 Å². The van der Waals surface area contributed by atoms with Gasteiger partial charge in [-0.15, -0.1) is 0 Å². The molecule has 1 rings (SSSR count). The second-order valence-corrected chi connectivity index (χ2v) is 3.43. The fraction of sp³-hybridized carbons (Fsp3) is 0.857. The van der Waals surface area contributed by atoms with E-state index in [1.165, 1.54) is 32.1 Å². The molecule has 0 aromatic rings. The van der Waals surface area contributed by atoms with E-state index < -0.39 is 0 Å². The molecule has 1 aliphatic rings. The van der Waals surface area contributed by atoms with E-state index in [9.17, 15) is 0 Å². The molecule has 8 heavy (non-hydrogen) atoms. The Hall–Kier alpha value is 0.220. The maximum Gasteiger partial charge on any atom is -0.0262 e. The topological polar surface area (TPSA) is 0 Å². The molecule has 0 amide bonds. The average molecular weight is 130 g/mol. The molecule has 0 radical (unpaired) electrons. The Labute approximate surface area is 55.2 Å². The quantitative estimate of drug-likeness (QED) is 0.377. The summed E-state index contributed by atoms with van der Waals surface area (Å²) < 4.78 is 0. The minimum absolute atomic E-state index is 1.41. The van der Waals surface area contributed by atoms with Crippen LogP contribution in [0.2, 0.25) is 0 Å². The number of hydrogen-bond donors (Lipinski definition) is 1. The van der Waals surface area contributed by atoms with Gasteiger partial charge in [0.15, 0.2) is 0 Å². The van der Waals surface area contributed by atoms with E-state index in [0.29, 0.717) is 0 Å². The third-order valence-corrected chi connectivity index (χ3v) is 2.83. The molecule has 0 aromatic heterocycles. The van der Waals surface area contributed by atoms with Crippen LogP contribution in [0, 0.1) is 0 Å². The standard InChI is InChI=1S/C7H14S/c1-8-7-5-3-2-4-6-7/h8H,2-6H2,1H3. The van der Waals surface area contributed by atoms with E-state index >= 15 is 0 Å². The molecule has 0 aromatic carbocycles. The smallest absolute Gasteiger partial charge is 0.0262 e. The summed E-state index contributed by atoms with van der Waals surface area (Å²) in [4.78, 5) is 1.77. The lowest BCUT2D eigenvalue weighted by Gasteiger charge is -2.11. The Morgan fingerprint density at radius 1 is 1.12 bits per heavy atom. The molecule has 0 saturated heterocycles. The molecule has 0 spiro atoms. The zero-order valence-electron chi connectivity index (χ0n) is 5.48. The van der Waals surface area contributed by atoms with Crippen molar-refractivity contribution in [2.75, 3.05) is 6.26 Å². The van der Waals surface area contributed by atoms with Gasteiger partial charge in [0.05, 0.1) is 0 Å². The van der Waals surface area contributed by atoms with Crippen molar-refractivity contribution in [3.63, 3.8) is 0 Å². The molecule has 1 aliphatic carbocycles. The average Bonchev–Trinajstić information content (AvgIpc) is 1.90. The predicted molar refractivity (Wildman–Crippen MR) is 43.0 cm³/mol. The summed E-state index contributed by atoms with van der Waals surface area (Å²) >= 11 is 1.54. The van der Waals surface area contributed by atoms with Crippen molar-refractivity contribution in [1.82, 2.24) is 0 Å². The number of hydrogen-bond acceptors (Lipinski definition) is 0. The molecule has 0 bridgehead atoms. The van der Waals surface area contributed by atoms with Gasteiger partial charge in [-0.1, -0.05) is 11.3 Å². The van der Waals surface area contributed by atoms with Gasteiger partial charge in [0.1, 0.15) is 0 Å². The third-order valence-electron chi connectivity index (χ3n) is 1.75. The van der Waals surface area contributed by atoms with Crippen molar-refractivity contribution < 1.29 is 0 Å². The molecular weight excluding hydrogens is 116 g/mol. The van der Waals surface area contributed by atoms with Crippen LogP contribution >= 0.6 is 11.4 Å². The van der Waals surface area contributed by atoms with Crippen LogP contribution < -0.4 is 0 Å². The van der Waals surface area contributed by atoms with E-state index in [1.54, 1.807) is 16.2 Å². The largest absolute Gasteiger partial charge is 0.204 e. The maximum absolute atomic E-state index is 2.25. The first-order valence-electron chi connectivity index (χ1n) is 3.38. The third kappa shape index (κ3) is 1.62. The van der Waals surface area contributed by atoms with Gasteiger partial charge in [-0.25, -0.2) is 11.4 Å². The Morgan fingerprint density at radius 2 is 1.75 bits per heavy atom. The number of rotatable bonds is 0. The molecule has 0 unspecified atom stereocenters.